The molecule has 1 amide bonds. The number of carbonyl (C=O) groups excluding carboxylic acids is 1. The molecule has 0 atom stereocenters. The van der Waals surface area contributed by atoms with Gasteiger partial charge in [-0.25, -0.2) is 14.4 Å². The Morgan fingerprint density at radius 3 is 2.61 bits per heavy atom. The molecule has 0 aliphatic carbocycles. The van der Waals surface area contributed by atoms with Gasteiger partial charge in [-0.15, -0.1) is 0 Å². The highest BCUT2D eigenvalue weighted by molar-refractivity contribution is 6.03. The van der Waals surface area contributed by atoms with E-state index in [0.29, 0.717) is 11.3 Å². The highest BCUT2D eigenvalue weighted by atomic mass is 19.1. The van der Waals surface area contributed by atoms with Crippen molar-refractivity contribution in [2.45, 2.75) is 13.5 Å². The van der Waals surface area contributed by atoms with Crippen LogP contribution in [0.3, 0.4) is 0 Å². The maximum atomic E-state index is 14.4. The van der Waals surface area contributed by atoms with Crippen molar-refractivity contribution in [3.8, 4) is 29.1 Å². The molecule has 0 spiro atoms. The van der Waals surface area contributed by atoms with E-state index in [0.717, 1.165) is 4.90 Å². The average Bonchev–Trinajstić information content (AvgIpc) is 2.82. The molecule has 0 fully saturated rings. The predicted octanol–water partition coefficient (Wildman–Crippen LogP) is 3.62. The molecule has 9 heteroatoms. The van der Waals surface area contributed by atoms with E-state index >= 15 is 0 Å². The summed E-state index contributed by atoms with van der Waals surface area (Å²) in [7, 11) is 1.37. The highest BCUT2D eigenvalue weighted by Gasteiger charge is 2.22. The molecule has 0 unspecified atom stereocenters. The Labute approximate surface area is 189 Å². The zero-order valence-electron chi connectivity index (χ0n) is 17.7. The quantitative estimate of drug-likeness (QED) is 0.349. The number of rotatable bonds is 5. The number of hydrogen-bond donors (Lipinski definition) is 2. The summed E-state index contributed by atoms with van der Waals surface area (Å²) >= 11 is 0. The maximum absolute atomic E-state index is 14.4. The monoisotopic (exact) mass is 443 g/mol. The highest BCUT2D eigenvalue weighted by Crippen LogP contribution is 2.28. The van der Waals surface area contributed by atoms with Gasteiger partial charge >= 0.3 is 0 Å². The first-order valence-electron chi connectivity index (χ1n) is 9.64. The summed E-state index contributed by atoms with van der Waals surface area (Å²) in [5.74, 6) is -2.29. The first-order chi connectivity index (χ1) is 15.8. The van der Waals surface area contributed by atoms with Crippen LogP contribution in [0, 0.1) is 35.4 Å². The number of amides is 1. The van der Waals surface area contributed by atoms with E-state index < -0.39 is 23.1 Å². The molecule has 164 valence electrons. The summed E-state index contributed by atoms with van der Waals surface area (Å²) in [6, 6.07) is 12.0. The number of aromatic nitrogens is 2. The van der Waals surface area contributed by atoms with Crippen LogP contribution >= 0.6 is 0 Å². The second kappa shape index (κ2) is 9.58. The zero-order valence-corrected chi connectivity index (χ0v) is 17.7. The molecular weight excluding hydrogens is 425 g/mol. The van der Waals surface area contributed by atoms with Gasteiger partial charge in [0.25, 0.3) is 5.91 Å². The fourth-order valence-corrected chi connectivity index (χ4v) is 3.18. The molecule has 0 bridgehead atoms. The van der Waals surface area contributed by atoms with Gasteiger partial charge in [0.05, 0.1) is 11.3 Å². The van der Waals surface area contributed by atoms with Crippen LogP contribution in [-0.4, -0.2) is 38.0 Å². The van der Waals surface area contributed by atoms with Crippen molar-refractivity contribution in [3.63, 3.8) is 0 Å². The van der Waals surface area contributed by atoms with E-state index in [-0.39, 0.29) is 34.5 Å². The number of carbonyl (C=O) groups is 1. The summed E-state index contributed by atoms with van der Waals surface area (Å²) in [5, 5.41) is 39.1. The molecule has 1 heterocycles. The van der Waals surface area contributed by atoms with Crippen molar-refractivity contribution in [1.82, 2.24) is 14.9 Å². The topological polar surface area (TPSA) is 134 Å². The van der Waals surface area contributed by atoms with Gasteiger partial charge < -0.3 is 15.1 Å². The maximum Gasteiger partial charge on any atom is 0.268 e. The Balaban J connectivity index is 1.93. The summed E-state index contributed by atoms with van der Waals surface area (Å²) in [4.78, 5) is 22.0. The minimum absolute atomic E-state index is 0.0251. The Morgan fingerprint density at radius 1 is 1.21 bits per heavy atom. The van der Waals surface area contributed by atoms with Crippen LogP contribution in [0.15, 0.2) is 54.5 Å². The van der Waals surface area contributed by atoms with Gasteiger partial charge in [-0.2, -0.15) is 10.5 Å². The molecule has 1 aromatic heterocycles. The molecule has 0 saturated carbocycles. The number of aliphatic hydroxyl groups is 1. The van der Waals surface area contributed by atoms with Crippen molar-refractivity contribution in [1.29, 1.82) is 10.5 Å². The van der Waals surface area contributed by atoms with Gasteiger partial charge in [0.2, 0.25) is 0 Å². The van der Waals surface area contributed by atoms with Gasteiger partial charge in [0, 0.05) is 36.5 Å². The first kappa shape index (κ1) is 22.9. The van der Waals surface area contributed by atoms with Gasteiger partial charge in [-0.05, 0) is 48.9 Å². The predicted molar refractivity (Wildman–Crippen MR) is 117 cm³/mol. The van der Waals surface area contributed by atoms with Gasteiger partial charge in [0.15, 0.2) is 5.57 Å². The summed E-state index contributed by atoms with van der Waals surface area (Å²) in [5.41, 5.74) is 1.00. The van der Waals surface area contributed by atoms with Crippen LogP contribution in [0.2, 0.25) is 0 Å². The Morgan fingerprint density at radius 2 is 1.97 bits per heavy atom. The number of nitriles is 2. The van der Waals surface area contributed by atoms with Crippen LogP contribution in [0.5, 0.6) is 5.75 Å². The van der Waals surface area contributed by atoms with E-state index in [1.807, 2.05) is 0 Å². The molecule has 3 aromatic rings. The molecule has 0 aliphatic heterocycles. The molecule has 33 heavy (non-hydrogen) atoms. The molecule has 3 rings (SSSR count). The van der Waals surface area contributed by atoms with Crippen molar-refractivity contribution < 1.29 is 19.4 Å². The lowest BCUT2D eigenvalue weighted by Gasteiger charge is -2.18. The van der Waals surface area contributed by atoms with Gasteiger partial charge in [0.1, 0.15) is 35.8 Å². The Kier molecular flexibility index (Phi) is 6.65. The lowest BCUT2D eigenvalue weighted by molar-refractivity contribution is -0.126. The van der Waals surface area contributed by atoms with Crippen LogP contribution in [-0.2, 0) is 11.3 Å². The lowest BCUT2D eigenvalue weighted by Crippen LogP contribution is -2.28. The minimum Gasteiger partial charge on any atom is -0.506 e. The standard InChI is InChI=1S/C24H18FN5O3/c1-14-7-16(9-17(10-26)22(14)31)23(32)19(11-27)24(33)30(2)12-18-8-15(3-4-20(18)25)21-5-6-28-13-29-21/h3-9,13,31-32H,12H2,1-2H3/b23-19-. The van der Waals surface area contributed by atoms with E-state index in [2.05, 4.69) is 9.97 Å². The number of halogens is 1. The Bertz CT molecular complexity index is 1340. The SMILES string of the molecule is Cc1cc(/C(O)=C(\C#N)C(=O)N(C)Cc2cc(-c3ccncn3)ccc2F)cc(C#N)c1O. The Hall–Kier alpha value is -4.76. The number of nitrogens with zero attached hydrogens (tertiary/aromatic N) is 5. The third-order valence-electron chi connectivity index (χ3n) is 4.93. The van der Waals surface area contributed by atoms with Crippen molar-refractivity contribution >= 4 is 11.7 Å². The van der Waals surface area contributed by atoms with E-state index in [9.17, 15) is 24.7 Å². The minimum atomic E-state index is -0.842. The van der Waals surface area contributed by atoms with E-state index in [1.165, 1.54) is 38.5 Å². The second-order valence-corrected chi connectivity index (χ2v) is 7.20. The van der Waals surface area contributed by atoms with Crippen molar-refractivity contribution in [2.24, 2.45) is 0 Å². The zero-order chi connectivity index (χ0) is 24.1. The fraction of sp³-hybridized carbons (Fsp3) is 0.125. The molecule has 0 radical (unpaired) electrons. The van der Waals surface area contributed by atoms with E-state index in [1.54, 1.807) is 36.5 Å². The fourth-order valence-electron chi connectivity index (χ4n) is 3.18. The molecule has 2 aromatic carbocycles. The molecular formula is C24H18FN5O3. The van der Waals surface area contributed by atoms with Crippen molar-refractivity contribution in [2.75, 3.05) is 7.05 Å². The second-order valence-electron chi connectivity index (χ2n) is 7.20. The number of aryl methyl sites for hydroxylation is 1. The molecule has 2 N–H and O–H groups in total. The van der Waals surface area contributed by atoms with Gasteiger partial charge in [-0.3, -0.25) is 4.79 Å². The van der Waals surface area contributed by atoms with Crippen LogP contribution in [0.25, 0.3) is 17.0 Å². The molecule has 0 saturated heterocycles. The number of benzene rings is 2. The number of aromatic hydroxyl groups is 1. The number of aliphatic hydroxyl groups excluding tert-OH is 1. The van der Waals surface area contributed by atoms with Crippen LogP contribution in [0.4, 0.5) is 4.39 Å². The number of phenols is 1. The molecule has 0 aliphatic rings. The first-order valence-corrected chi connectivity index (χ1v) is 9.64. The number of phenolic OH excluding ortho intramolecular Hbond substituents is 1. The third kappa shape index (κ3) is 4.78. The normalized spacial score (nSPS) is 11.2. The van der Waals surface area contributed by atoms with Crippen LogP contribution < -0.4 is 0 Å². The summed E-state index contributed by atoms with van der Waals surface area (Å²) in [6.07, 6.45) is 2.92. The summed E-state index contributed by atoms with van der Waals surface area (Å²) < 4.78 is 14.4. The lowest BCUT2D eigenvalue weighted by atomic mass is 10.0. The van der Waals surface area contributed by atoms with Gasteiger partial charge in [-0.1, -0.05) is 0 Å². The number of hydrogen-bond acceptors (Lipinski definition) is 7. The van der Waals surface area contributed by atoms with E-state index in [4.69, 9.17) is 5.26 Å². The smallest absolute Gasteiger partial charge is 0.268 e. The van der Waals surface area contributed by atoms with Crippen molar-refractivity contribution in [3.05, 3.63) is 82.6 Å². The summed E-state index contributed by atoms with van der Waals surface area (Å²) in [6.45, 7) is 1.33. The number of likely N-dealkylation sites (N-methyl/N-ethyl adjacent to an activating group) is 1. The molecule has 8 nitrogen and oxygen atoms in total. The average molecular weight is 443 g/mol. The van der Waals surface area contributed by atoms with Crippen LogP contribution in [0.1, 0.15) is 22.3 Å². The largest absolute Gasteiger partial charge is 0.506 e. The third-order valence-corrected chi connectivity index (χ3v) is 4.93.